The highest BCUT2D eigenvalue weighted by atomic mass is 35.5. The van der Waals surface area contributed by atoms with E-state index in [4.69, 9.17) is 16.7 Å². The van der Waals surface area contributed by atoms with Gasteiger partial charge in [0.05, 0.1) is 5.56 Å². The van der Waals surface area contributed by atoms with Gasteiger partial charge in [-0.3, -0.25) is 4.90 Å². The van der Waals surface area contributed by atoms with Gasteiger partial charge >= 0.3 is 12.0 Å². The van der Waals surface area contributed by atoms with Gasteiger partial charge in [0, 0.05) is 43.4 Å². The summed E-state index contributed by atoms with van der Waals surface area (Å²) in [7, 11) is 0. The van der Waals surface area contributed by atoms with Crippen molar-refractivity contribution in [1.29, 1.82) is 0 Å². The zero-order chi connectivity index (χ0) is 19.4. The van der Waals surface area contributed by atoms with Crippen LogP contribution < -0.4 is 5.32 Å². The van der Waals surface area contributed by atoms with Gasteiger partial charge in [-0.05, 0) is 42.3 Å². The Morgan fingerprint density at radius 2 is 1.74 bits per heavy atom. The molecule has 7 heteroatoms. The van der Waals surface area contributed by atoms with Gasteiger partial charge in [-0.1, -0.05) is 29.8 Å². The van der Waals surface area contributed by atoms with Crippen LogP contribution in [0.25, 0.3) is 0 Å². The highest BCUT2D eigenvalue weighted by molar-refractivity contribution is 6.31. The van der Waals surface area contributed by atoms with E-state index < -0.39 is 5.97 Å². The molecule has 0 unspecified atom stereocenters. The van der Waals surface area contributed by atoms with Gasteiger partial charge < -0.3 is 15.3 Å². The lowest BCUT2D eigenvalue weighted by molar-refractivity contribution is 0.0697. The van der Waals surface area contributed by atoms with Crippen LogP contribution in [0.2, 0.25) is 5.02 Å². The molecule has 6 nitrogen and oxygen atoms in total. The summed E-state index contributed by atoms with van der Waals surface area (Å²) < 4.78 is 0. The van der Waals surface area contributed by atoms with Crippen molar-refractivity contribution in [2.45, 2.75) is 13.5 Å². The van der Waals surface area contributed by atoms with Crippen LogP contribution in [0.15, 0.2) is 42.5 Å². The average molecular weight is 388 g/mol. The molecule has 1 saturated heterocycles. The summed E-state index contributed by atoms with van der Waals surface area (Å²) in [5, 5.41) is 12.5. The SMILES string of the molecule is Cc1ccc(NC(=O)N2CCN(Cc3ccc(C(=O)O)cc3)CC2)cc1Cl. The second kappa shape index (κ2) is 8.41. The number of anilines is 1. The summed E-state index contributed by atoms with van der Waals surface area (Å²) in [5.74, 6) is -0.920. The first-order valence-electron chi connectivity index (χ1n) is 8.79. The molecule has 2 amide bonds. The third-order valence-corrected chi connectivity index (χ3v) is 5.10. The fourth-order valence-electron chi connectivity index (χ4n) is 2.99. The molecule has 2 N–H and O–H groups in total. The average Bonchev–Trinajstić information content (AvgIpc) is 2.66. The summed E-state index contributed by atoms with van der Waals surface area (Å²) >= 11 is 6.10. The number of halogens is 1. The summed E-state index contributed by atoms with van der Waals surface area (Å²) in [6, 6.07) is 12.3. The predicted molar refractivity (Wildman–Crippen MR) is 105 cm³/mol. The van der Waals surface area contributed by atoms with Gasteiger partial charge in [-0.25, -0.2) is 9.59 Å². The Kier molecular flexibility index (Phi) is 5.98. The van der Waals surface area contributed by atoms with E-state index in [2.05, 4.69) is 10.2 Å². The van der Waals surface area contributed by atoms with Crippen LogP contribution in [-0.2, 0) is 6.54 Å². The fourth-order valence-corrected chi connectivity index (χ4v) is 3.17. The molecule has 3 rings (SSSR count). The number of benzene rings is 2. The molecule has 2 aromatic carbocycles. The maximum absolute atomic E-state index is 12.4. The van der Waals surface area contributed by atoms with Crippen LogP contribution >= 0.6 is 11.6 Å². The molecule has 0 radical (unpaired) electrons. The van der Waals surface area contributed by atoms with Crippen molar-refractivity contribution in [2.24, 2.45) is 0 Å². The van der Waals surface area contributed by atoms with Gasteiger partial charge in [0.2, 0.25) is 0 Å². The number of hydrogen-bond donors (Lipinski definition) is 2. The van der Waals surface area contributed by atoms with Crippen LogP contribution in [0.4, 0.5) is 10.5 Å². The van der Waals surface area contributed by atoms with Gasteiger partial charge in [0.25, 0.3) is 0 Å². The van der Waals surface area contributed by atoms with E-state index in [-0.39, 0.29) is 11.6 Å². The van der Waals surface area contributed by atoms with Gasteiger partial charge in [0.1, 0.15) is 0 Å². The highest BCUT2D eigenvalue weighted by Gasteiger charge is 2.21. The second-order valence-corrected chi connectivity index (χ2v) is 7.07. The number of carbonyl (C=O) groups excluding carboxylic acids is 1. The van der Waals surface area contributed by atoms with Crippen molar-refractivity contribution in [3.63, 3.8) is 0 Å². The molecule has 1 heterocycles. The van der Waals surface area contributed by atoms with Gasteiger partial charge in [0.15, 0.2) is 0 Å². The van der Waals surface area contributed by atoms with Crippen molar-refractivity contribution in [1.82, 2.24) is 9.80 Å². The molecule has 142 valence electrons. The largest absolute Gasteiger partial charge is 0.478 e. The molecule has 0 bridgehead atoms. The zero-order valence-corrected chi connectivity index (χ0v) is 15.9. The molecule has 1 fully saturated rings. The van der Waals surface area contributed by atoms with E-state index in [1.807, 2.05) is 31.2 Å². The number of nitrogens with zero attached hydrogens (tertiary/aromatic N) is 2. The number of aryl methyl sites for hydroxylation is 1. The Hall–Kier alpha value is -2.57. The first-order valence-corrected chi connectivity index (χ1v) is 9.17. The second-order valence-electron chi connectivity index (χ2n) is 6.66. The van der Waals surface area contributed by atoms with Crippen LogP contribution in [0.1, 0.15) is 21.5 Å². The van der Waals surface area contributed by atoms with E-state index >= 15 is 0 Å². The fraction of sp³-hybridized carbons (Fsp3) is 0.300. The minimum absolute atomic E-state index is 0.125. The third kappa shape index (κ3) is 4.99. The number of aromatic carboxylic acids is 1. The summed E-state index contributed by atoms with van der Waals surface area (Å²) in [4.78, 5) is 27.4. The van der Waals surface area contributed by atoms with Crippen molar-refractivity contribution in [3.8, 4) is 0 Å². The van der Waals surface area contributed by atoms with Crippen molar-refractivity contribution in [2.75, 3.05) is 31.5 Å². The van der Waals surface area contributed by atoms with Crippen molar-refractivity contribution in [3.05, 3.63) is 64.2 Å². The van der Waals surface area contributed by atoms with Crippen molar-refractivity contribution < 1.29 is 14.7 Å². The lowest BCUT2D eigenvalue weighted by Crippen LogP contribution is -2.49. The standard InChI is InChI=1S/C20H22ClN3O3/c1-14-2-7-17(12-18(14)21)22-20(27)24-10-8-23(9-11-24)13-15-3-5-16(6-4-15)19(25)26/h2-7,12H,8-11,13H2,1H3,(H,22,27)(H,25,26). The lowest BCUT2D eigenvalue weighted by atomic mass is 10.1. The molecule has 2 aromatic rings. The molecule has 27 heavy (non-hydrogen) atoms. The van der Waals surface area contributed by atoms with E-state index in [1.165, 1.54) is 0 Å². The topological polar surface area (TPSA) is 72.9 Å². The summed E-state index contributed by atoms with van der Waals surface area (Å²) in [5.41, 5.74) is 3.01. The third-order valence-electron chi connectivity index (χ3n) is 4.69. The van der Waals surface area contributed by atoms with Crippen LogP contribution in [0.5, 0.6) is 0 Å². The number of carboxylic acids is 1. The Bertz CT molecular complexity index is 831. The van der Waals surface area contributed by atoms with Crippen molar-refractivity contribution >= 4 is 29.3 Å². The predicted octanol–water partition coefficient (Wildman–Crippen LogP) is 3.70. The minimum Gasteiger partial charge on any atom is -0.478 e. The van der Waals surface area contributed by atoms with E-state index in [9.17, 15) is 9.59 Å². The molecule has 0 saturated carbocycles. The number of amides is 2. The van der Waals surface area contributed by atoms with Crippen LogP contribution in [0, 0.1) is 6.92 Å². The molecule has 0 atom stereocenters. The number of nitrogens with one attached hydrogen (secondary N) is 1. The number of carboxylic acid groups (broad SMARTS) is 1. The molecular weight excluding hydrogens is 366 g/mol. The van der Waals surface area contributed by atoms with E-state index in [0.717, 1.165) is 30.8 Å². The van der Waals surface area contributed by atoms with E-state index in [0.29, 0.717) is 23.8 Å². The van der Waals surface area contributed by atoms with Crippen LogP contribution in [0.3, 0.4) is 0 Å². The lowest BCUT2D eigenvalue weighted by Gasteiger charge is -2.34. The molecular formula is C20H22ClN3O3. The molecule has 1 aliphatic heterocycles. The maximum atomic E-state index is 12.4. The molecule has 0 aliphatic carbocycles. The number of rotatable bonds is 4. The summed E-state index contributed by atoms with van der Waals surface area (Å²) in [6.07, 6.45) is 0. The number of urea groups is 1. The quantitative estimate of drug-likeness (QED) is 0.839. The Morgan fingerprint density at radius 1 is 1.07 bits per heavy atom. The molecule has 1 aliphatic rings. The monoisotopic (exact) mass is 387 g/mol. The van der Waals surface area contributed by atoms with Gasteiger partial charge in [-0.15, -0.1) is 0 Å². The minimum atomic E-state index is -0.920. The maximum Gasteiger partial charge on any atom is 0.335 e. The normalized spacial score (nSPS) is 14.8. The first kappa shape index (κ1) is 19.2. The first-order chi connectivity index (χ1) is 12.9. The number of hydrogen-bond acceptors (Lipinski definition) is 3. The van der Waals surface area contributed by atoms with Crippen LogP contribution in [-0.4, -0.2) is 53.1 Å². The number of piperazine rings is 1. The summed E-state index contributed by atoms with van der Waals surface area (Å²) in [6.45, 7) is 5.47. The Morgan fingerprint density at radius 3 is 2.33 bits per heavy atom. The highest BCUT2D eigenvalue weighted by Crippen LogP contribution is 2.20. The van der Waals surface area contributed by atoms with Gasteiger partial charge in [-0.2, -0.15) is 0 Å². The smallest absolute Gasteiger partial charge is 0.335 e. The Labute approximate surface area is 163 Å². The zero-order valence-electron chi connectivity index (χ0n) is 15.1. The number of carbonyl (C=O) groups is 2. The Balaban J connectivity index is 1.49. The molecule has 0 aromatic heterocycles. The van der Waals surface area contributed by atoms with E-state index in [1.54, 1.807) is 23.1 Å². The molecule has 0 spiro atoms.